The average molecular weight is 606 g/mol. The van der Waals surface area contributed by atoms with Gasteiger partial charge in [-0.15, -0.1) is 23.1 Å². The quantitative estimate of drug-likeness (QED) is 0.242. The van der Waals surface area contributed by atoms with Crippen LogP contribution in [0.5, 0.6) is 0 Å². The molecule has 40 heavy (non-hydrogen) atoms. The molecule has 2 amide bonds. The molecule has 0 radical (unpaired) electrons. The Morgan fingerprint density at radius 3 is 2.65 bits per heavy atom. The molecule has 0 fully saturated rings. The van der Waals surface area contributed by atoms with Crippen molar-refractivity contribution in [3.63, 3.8) is 0 Å². The number of fused-ring (bicyclic) bond motifs is 2. The van der Waals surface area contributed by atoms with Crippen LogP contribution in [0.1, 0.15) is 51.4 Å². The lowest BCUT2D eigenvalue weighted by atomic mass is 10.1. The molecule has 0 atom stereocenters. The van der Waals surface area contributed by atoms with Crippen molar-refractivity contribution in [3.8, 4) is 0 Å². The molecular formula is C27H31N3O7S3. The number of nitrogens with zero attached hydrogens (tertiary/aromatic N) is 2. The number of aryl methyl sites for hydroxylation is 1. The molecule has 0 bridgehead atoms. The van der Waals surface area contributed by atoms with Gasteiger partial charge in [-0.05, 0) is 56.9 Å². The Bertz CT molecular complexity index is 1490. The van der Waals surface area contributed by atoms with Crippen molar-refractivity contribution < 1.29 is 33.4 Å². The highest BCUT2D eigenvalue weighted by Gasteiger charge is 2.28. The highest BCUT2D eigenvalue weighted by molar-refractivity contribution is 8.00. The molecule has 0 saturated heterocycles. The van der Waals surface area contributed by atoms with Gasteiger partial charge in [0.15, 0.2) is 4.80 Å². The number of amides is 2. The van der Waals surface area contributed by atoms with Crippen LogP contribution in [0.3, 0.4) is 0 Å². The number of esters is 2. The standard InChI is InChI=1S/C27H31N3O7S3/c1-4-36-12-11-30-18-10-9-16(25(33)37-5-2)13-20(18)40-27(30)29-22(32)15-38-14-21(31)28-24-23(26(34)35-3)17-7-6-8-19(17)39-24/h9-10,13H,4-8,11-12,14-15H2,1-3H3,(H,28,31). The maximum atomic E-state index is 12.8. The van der Waals surface area contributed by atoms with E-state index >= 15 is 0 Å². The van der Waals surface area contributed by atoms with E-state index < -0.39 is 11.9 Å². The molecule has 2 heterocycles. The third-order valence-electron chi connectivity index (χ3n) is 6.10. The summed E-state index contributed by atoms with van der Waals surface area (Å²) in [6, 6.07) is 5.24. The Morgan fingerprint density at radius 1 is 1.07 bits per heavy atom. The average Bonchev–Trinajstić information content (AvgIpc) is 3.61. The highest BCUT2D eigenvalue weighted by atomic mass is 32.2. The van der Waals surface area contributed by atoms with E-state index in [0.29, 0.717) is 40.7 Å². The fourth-order valence-corrected chi connectivity index (χ4v) is 7.36. The molecule has 0 saturated carbocycles. The Kier molecular flexibility index (Phi) is 10.5. The largest absolute Gasteiger partial charge is 0.465 e. The summed E-state index contributed by atoms with van der Waals surface area (Å²) in [5.41, 5.74) is 2.67. The summed E-state index contributed by atoms with van der Waals surface area (Å²) in [6.45, 7) is 5.43. The van der Waals surface area contributed by atoms with Gasteiger partial charge in [0.05, 0.1) is 53.2 Å². The fourth-order valence-electron chi connectivity index (χ4n) is 4.36. The van der Waals surface area contributed by atoms with Crippen LogP contribution in [-0.2, 0) is 43.2 Å². The third kappa shape index (κ3) is 7.00. The van der Waals surface area contributed by atoms with E-state index in [1.165, 1.54) is 29.8 Å². The predicted octanol–water partition coefficient (Wildman–Crippen LogP) is 4.05. The van der Waals surface area contributed by atoms with Crippen LogP contribution in [-0.4, -0.2) is 66.8 Å². The number of carbonyl (C=O) groups excluding carboxylic acids is 4. The molecule has 0 unspecified atom stereocenters. The van der Waals surface area contributed by atoms with Crippen molar-refractivity contribution in [3.05, 3.63) is 44.6 Å². The number of ether oxygens (including phenoxy) is 3. The second kappa shape index (κ2) is 14.1. The van der Waals surface area contributed by atoms with Crippen molar-refractivity contribution in [2.24, 2.45) is 4.99 Å². The topological polar surface area (TPSA) is 125 Å². The molecule has 0 spiro atoms. The van der Waals surface area contributed by atoms with Crippen LogP contribution < -0.4 is 10.1 Å². The number of carbonyl (C=O) groups is 4. The van der Waals surface area contributed by atoms with Gasteiger partial charge in [-0.3, -0.25) is 9.59 Å². The monoisotopic (exact) mass is 605 g/mol. The third-order valence-corrected chi connectivity index (χ3v) is 9.27. The lowest BCUT2D eigenvalue weighted by molar-refractivity contribution is -0.115. The summed E-state index contributed by atoms with van der Waals surface area (Å²) in [7, 11) is 1.33. The normalized spacial score (nSPS) is 12.9. The van der Waals surface area contributed by atoms with Crippen LogP contribution in [0.4, 0.5) is 5.00 Å². The molecule has 2 aromatic heterocycles. The fraction of sp³-hybridized carbons (Fsp3) is 0.444. The van der Waals surface area contributed by atoms with Gasteiger partial charge in [0.1, 0.15) is 5.00 Å². The van der Waals surface area contributed by atoms with Crippen molar-refractivity contribution in [1.82, 2.24) is 4.57 Å². The number of methoxy groups -OCH3 is 1. The second-order valence-electron chi connectivity index (χ2n) is 8.74. The molecule has 1 aromatic carbocycles. The lowest BCUT2D eigenvalue weighted by Gasteiger charge is -2.07. The maximum absolute atomic E-state index is 12.8. The van der Waals surface area contributed by atoms with Crippen molar-refractivity contribution in [1.29, 1.82) is 0 Å². The number of nitrogens with one attached hydrogen (secondary N) is 1. The molecule has 4 rings (SSSR count). The van der Waals surface area contributed by atoms with E-state index in [4.69, 9.17) is 14.2 Å². The second-order valence-corrected chi connectivity index (χ2v) is 11.8. The summed E-state index contributed by atoms with van der Waals surface area (Å²) >= 11 is 3.86. The predicted molar refractivity (Wildman–Crippen MR) is 156 cm³/mol. The molecule has 1 aliphatic carbocycles. The Labute approximate surface area is 243 Å². The summed E-state index contributed by atoms with van der Waals surface area (Å²) in [5, 5.41) is 3.32. The van der Waals surface area contributed by atoms with Gasteiger partial charge < -0.3 is 24.1 Å². The van der Waals surface area contributed by atoms with Crippen molar-refractivity contribution in [2.45, 2.75) is 39.7 Å². The molecule has 10 nitrogen and oxygen atoms in total. The van der Waals surface area contributed by atoms with Crippen LogP contribution in [0.15, 0.2) is 23.2 Å². The summed E-state index contributed by atoms with van der Waals surface area (Å²) in [5.74, 6) is -1.51. The number of aromatic nitrogens is 1. The van der Waals surface area contributed by atoms with Crippen molar-refractivity contribution in [2.75, 3.05) is 43.8 Å². The molecule has 214 valence electrons. The number of hydrogen-bond acceptors (Lipinski definition) is 10. The smallest absolute Gasteiger partial charge is 0.341 e. The number of thiophene rings is 1. The number of rotatable bonds is 12. The van der Waals surface area contributed by atoms with Gasteiger partial charge in [-0.25, -0.2) is 9.59 Å². The van der Waals surface area contributed by atoms with Gasteiger partial charge in [0.25, 0.3) is 5.91 Å². The van der Waals surface area contributed by atoms with E-state index in [1.807, 2.05) is 17.6 Å². The Balaban J connectivity index is 1.43. The number of thioether (sulfide) groups is 1. The van der Waals surface area contributed by atoms with E-state index in [0.717, 1.165) is 51.7 Å². The van der Waals surface area contributed by atoms with E-state index in [-0.39, 0.29) is 29.9 Å². The minimum atomic E-state index is -0.452. The first-order valence-electron chi connectivity index (χ1n) is 12.9. The molecule has 3 aromatic rings. The zero-order valence-electron chi connectivity index (χ0n) is 22.6. The van der Waals surface area contributed by atoms with Crippen molar-refractivity contribution >= 4 is 73.4 Å². The summed E-state index contributed by atoms with van der Waals surface area (Å²) < 4.78 is 18.2. The van der Waals surface area contributed by atoms with Gasteiger partial charge in [-0.1, -0.05) is 11.3 Å². The number of benzene rings is 1. The highest BCUT2D eigenvalue weighted by Crippen LogP contribution is 2.39. The minimum absolute atomic E-state index is 0.00595. The van der Waals surface area contributed by atoms with Gasteiger partial charge in [0.2, 0.25) is 5.91 Å². The van der Waals surface area contributed by atoms with Gasteiger partial charge in [-0.2, -0.15) is 4.99 Å². The van der Waals surface area contributed by atoms with Crippen LogP contribution >= 0.6 is 34.4 Å². The van der Waals surface area contributed by atoms with Gasteiger partial charge >= 0.3 is 11.9 Å². The SMILES string of the molecule is CCOCCn1c(=NC(=O)CSCC(=O)Nc2sc3c(c2C(=O)OC)CCC3)sc2cc(C(=O)OCC)ccc21. The zero-order chi connectivity index (χ0) is 28.6. The van der Waals surface area contributed by atoms with E-state index in [1.54, 1.807) is 19.1 Å². The Hall–Kier alpha value is -3.00. The molecular weight excluding hydrogens is 575 g/mol. The van der Waals surface area contributed by atoms with E-state index in [2.05, 4.69) is 10.3 Å². The maximum Gasteiger partial charge on any atom is 0.341 e. The Morgan fingerprint density at radius 2 is 1.90 bits per heavy atom. The first kappa shape index (κ1) is 30.0. The molecule has 1 aliphatic rings. The molecule has 13 heteroatoms. The lowest BCUT2D eigenvalue weighted by Crippen LogP contribution is -2.20. The van der Waals surface area contributed by atoms with E-state index in [9.17, 15) is 19.2 Å². The number of thiazole rings is 1. The number of hydrogen-bond donors (Lipinski definition) is 1. The zero-order valence-corrected chi connectivity index (χ0v) is 25.0. The van der Waals surface area contributed by atoms with Crippen LogP contribution in [0.2, 0.25) is 0 Å². The number of anilines is 1. The first-order valence-corrected chi connectivity index (χ1v) is 15.7. The van der Waals surface area contributed by atoms with Gasteiger partial charge in [0, 0.05) is 18.0 Å². The van der Waals surface area contributed by atoms with Crippen LogP contribution in [0, 0.1) is 0 Å². The molecule has 0 aliphatic heterocycles. The minimum Gasteiger partial charge on any atom is -0.465 e. The molecule has 1 N–H and O–H groups in total. The van der Waals surface area contributed by atoms with Crippen LogP contribution in [0.25, 0.3) is 10.2 Å². The summed E-state index contributed by atoms with van der Waals surface area (Å²) in [4.78, 5) is 55.8. The first-order chi connectivity index (χ1) is 19.4. The summed E-state index contributed by atoms with van der Waals surface area (Å²) in [6.07, 6.45) is 2.67.